The molecule has 0 heterocycles. The third-order valence-corrected chi connectivity index (χ3v) is 2.88. The number of ether oxygens (including phenoxy) is 3. The molecule has 1 N–H and O–H groups in total. The van der Waals surface area contributed by atoms with E-state index in [0.717, 1.165) is 12.8 Å². The smallest absolute Gasteiger partial charge is 0.308 e. The molecule has 0 amide bonds. The molecule has 1 aromatic rings. The highest BCUT2D eigenvalue weighted by Gasteiger charge is 2.16. The monoisotopic (exact) mass is 282 g/mol. The first kappa shape index (κ1) is 16.3. The van der Waals surface area contributed by atoms with Gasteiger partial charge in [0.05, 0.1) is 33.4 Å². The van der Waals surface area contributed by atoms with Gasteiger partial charge >= 0.3 is 5.97 Å². The Morgan fingerprint density at radius 1 is 1.20 bits per heavy atom. The van der Waals surface area contributed by atoms with Gasteiger partial charge in [-0.25, -0.2) is 0 Å². The zero-order valence-electron chi connectivity index (χ0n) is 12.2. The Balaban J connectivity index is 2.66. The van der Waals surface area contributed by atoms with Crippen molar-refractivity contribution in [2.75, 3.05) is 20.8 Å². The van der Waals surface area contributed by atoms with Gasteiger partial charge in [0.15, 0.2) is 0 Å². The van der Waals surface area contributed by atoms with Gasteiger partial charge in [0.2, 0.25) is 0 Å². The normalized spacial score (nSPS) is 11.8. The molecule has 1 unspecified atom stereocenters. The lowest BCUT2D eigenvalue weighted by molar-refractivity contribution is -0.146. The molecule has 1 rings (SSSR count). The highest BCUT2D eigenvalue weighted by Crippen LogP contribution is 2.28. The van der Waals surface area contributed by atoms with Crippen LogP contribution >= 0.6 is 0 Å². The largest absolute Gasteiger partial charge is 0.497 e. The van der Waals surface area contributed by atoms with E-state index in [1.807, 2.05) is 6.92 Å². The van der Waals surface area contributed by atoms with Crippen molar-refractivity contribution >= 4 is 5.97 Å². The summed E-state index contributed by atoms with van der Waals surface area (Å²) in [6, 6.07) is 5.05. The molecule has 0 fully saturated rings. The maximum atomic E-state index is 11.6. The number of aliphatic hydroxyl groups excluding tert-OH is 1. The molecule has 0 spiro atoms. The van der Waals surface area contributed by atoms with Crippen molar-refractivity contribution in [1.82, 2.24) is 0 Å². The van der Waals surface area contributed by atoms with Crippen molar-refractivity contribution in [2.45, 2.75) is 32.3 Å². The van der Waals surface area contributed by atoms with Crippen LogP contribution in [0.4, 0.5) is 0 Å². The van der Waals surface area contributed by atoms with Crippen LogP contribution in [-0.2, 0) is 9.53 Å². The SMILES string of the molecule is CCCCOC(=O)CC(O)c1cc(OC)cc(OC)c1. The first-order valence-electron chi connectivity index (χ1n) is 6.67. The summed E-state index contributed by atoms with van der Waals surface area (Å²) in [7, 11) is 3.06. The highest BCUT2D eigenvalue weighted by atomic mass is 16.5. The number of benzene rings is 1. The molecular formula is C15H22O5. The molecule has 20 heavy (non-hydrogen) atoms. The molecule has 112 valence electrons. The molecule has 0 aliphatic heterocycles. The van der Waals surface area contributed by atoms with Crippen LogP contribution in [0.3, 0.4) is 0 Å². The van der Waals surface area contributed by atoms with E-state index in [9.17, 15) is 9.90 Å². The summed E-state index contributed by atoms with van der Waals surface area (Å²) in [5.41, 5.74) is 0.564. The quantitative estimate of drug-likeness (QED) is 0.586. The number of hydrogen-bond acceptors (Lipinski definition) is 5. The summed E-state index contributed by atoms with van der Waals surface area (Å²) < 4.78 is 15.3. The minimum Gasteiger partial charge on any atom is -0.497 e. The van der Waals surface area contributed by atoms with Crippen LogP contribution in [0.25, 0.3) is 0 Å². The topological polar surface area (TPSA) is 65.0 Å². The molecule has 1 atom stereocenters. The van der Waals surface area contributed by atoms with Crippen LogP contribution in [0.2, 0.25) is 0 Å². The standard InChI is InChI=1S/C15H22O5/c1-4-5-6-20-15(17)10-14(16)11-7-12(18-2)9-13(8-11)19-3/h7-9,14,16H,4-6,10H2,1-3H3. The number of aliphatic hydroxyl groups is 1. The Morgan fingerprint density at radius 3 is 2.30 bits per heavy atom. The van der Waals surface area contributed by atoms with Gasteiger partial charge in [-0.1, -0.05) is 13.3 Å². The van der Waals surface area contributed by atoms with E-state index in [0.29, 0.717) is 23.7 Å². The van der Waals surface area contributed by atoms with Crippen molar-refractivity contribution in [3.05, 3.63) is 23.8 Å². The molecule has 0 bridgehead atoms. The third-order valence-electron chi connectivity index (χ3n) is 2.88. The maximum Gasteiger partial charge on any atom is 0.308 e. The number of hydrogen-bond donors (Lipinski definition) is 1. The molecule has 0 aliphatic rings. The predicted octanol–water partition coefficient (Wildman–Crippen LogP) is 2.47. The minimum atomic E-state index is -0.937. The van der Waals surface area contributed by atoms with Crippen molar-refractivity contribution < 1.29 is 24.1 Å². The lowest BCUT2D eigenvalue weighted by atomic mass is 10.1. The van der Waals surface area contributed by atoms with Gasteiger partial charge in [0.1, 0.15) is 11.5 Å². The van der Waals surface area contributed by atoms with Crippen molar-refractivity contribution in [3.63, 3.8) is 0 Å². The molecule has 0 aromatic heterocycles. The highest BCUT2D eigenvalue weighted by molar-refractivity contribution is 5.70. The van der Waals surface area contributed by atoms with Gasteiger partial charge in [-0.2, -0.15) is 0 Å². The molecular weight excluding hydrogens is 260 g/mol. The molecule has 5 nitrogen and oxygen atoms in total. The average molecular weight is 282 g/mol. The van der Waals surface area contributed by atoms with Crippen molar-refractivity contribution in [2.24, 2.45) is 0 Å². The first-order chi connectivity index (χ1) is 9.60. The Hall–Kier alpha value is -1.75. The molecule has 0 aliphatic carbocycles. The lowest BCUT2D eigenvalue weighted by Crippen LogP contribution is -2.11. The second kappa shape index (κ2) is 8.43. The molecule has 1 aromatic carbocycles. The minimum absolute atomic E-state index is 0.0833. The van der Waals surface area contributed by atoms with Gasteiger partial charge in [-0.05, 0) is 24.1 Å². The summed E-state index contributed by atoms with van der Waals surface area (Å²) >= 11 is 0. The second-order valence-electron chi connectivity index (χ2n) is 4.44. The Kier molecular flexibility index (Phi) is 6.87. The van der Waals surface area contributed by atoms with Crippen LogP contribution in [0.1, 0.15) is 37.9 Å². The van der Waals surface area contributed by atoms with Gasteiger partial charge in [0, 0.05) is 6.07 Å². The van der Waals surface area contributed by atoms with Crippen LogP contribution in [-0.4, -0.2) is 31.9 Å². The molecule has 0 saturated carbocycles. The van der Waals surface area contributed by atoms with Crippen LogP contribution < -0.4 is 9.47 Å². The number of rotatable bonds is 8. The van der Waals surface area contributed by atoms with E-state index in [-0.39, 0.29) is 6.42 Å². The van der Waals surface area contributed by atoms with E-state index >= 15 is 0 Å². The van der Waals surface area contributed by atoms with E-state index in [1.165, 1.54) is 14.2 Å². The van der Waals surface area contributed by atoms with Crippen LogP contribution in [0.15, 0.2) is 18.2 Å². The predicted molar refractivity (Wildman–Crippen MR) is 75.0 cm³/mol. The van der Waals surface area contributed by atoms with Gasteiger partial charge in [0.25, 0.3) is 0 Å². The van der Waals surface area contributed by atoms with E-state index in [2.05, 4.69) is 0 Å². The molecule has 0 saturated heterocycles. The molecule has 0 radical (unpaired) electrons. The summed E-state index contributed by atoms with van der Waals surface area (Å²) in [6.07, 6.45) is 0.769. The summed E-state index contributed by atoms with van der Waals surface area (Å²) in [4.78, 5) is 11.6. The lowest BCUT2D eigenvalue weighted by Gasteiger charge is -2.13. The Morgan fingerprint density at radius 2 is 1.80 bits per heavy atom. The van der Waals surface area contributed by atoms with Gasteiger partial charge in [-0.15, -0.1) is 0 Å². The second-order valence-corrected chi connectivity index (χ2v) is 4.44. The number of methoxy groups -OCH3 is 2. The third kappa shape index (κ3) is 5.09. The Labute approximate surface area is 119 Å². The molecule has 5 heteroatoms. The van der Waals surface area contributed by atoms with E-state index < -0.39 is 12.1 Å². The fraction of sp³-hybridized carbons (Fsp3) is 0.533. The first-order valence-corrected chi connectivity index (χ1v) is 6.67. The van der Waals surface area contributed by atoms with Crippen molar-refractivity contribution in [3.8, 4) is 11.5 Å². The van der Waals surface area contributed by atoms with Crippen LogP contribution in [0, 0.1) is 0 Å². The number of esters is 1. The summed E-state index contributed by atoms with van der Waals surface area (Å²) in [5.74, 6) is 0.725. The Bertz CT molecular complexity index is 408. The van der Waals surface area contributed by atoms with Gasteiger partial charge in [-0.3, -0.25) is 4.79 Å². The number of unbranched alkanes of at least 4 members (excludes halogenated alkanes) is 1. The maximum absolute atomic E-state index is 11.6. The average Bonchev–Trinajstić information content (AvgIpc) is 2.46. The van der Waals surface area contributed by atoms with Crippen molar-refractivity contribution in [1.29, 1.82) is 0 Å². The summed E-state index contributed by atoms with van der Waals surface area (Å²) in [5, 5.41) is 10.1. The van der Waals surface area contributed by atoms with E-state index in [4.69, 9.17) is 14.2 Å². The van der Waals surface area contributed by atoms with Gasteiger partial charge < -0.3 is 19.3 Å². The zero-order valence-corrected chi connectivity index (χ0v) is 12.2. The fourth-order valence-corrected chi connectivity index (χ4v) is 1.69. The zero-order chi connectivity index (χ0) is 15.0. The number of carbonyl (C=O) groups excluding carboxylic acids is 1. The summed E-state index contributed by atoms with van der Waals surface area (Å²) in [6.45, 7) is 2.41. The number of carbonyl (C=O) groups is 1. The van der Waals surface area contributed by atoms with E-state index in [1.54, 1.807) is 18.2 Å². The fourth-order valence-electron chi connectivity index (χ4n) is 1.69. The van der Waals surface area contributed by atoms with Crippen LogP contribution in [0.5, 0.6) is 11.5 Å².